The highest BCUT2D eigenvalue weighted by Crippen LogP contribution is 2.24. The molecule has 1 aliphatic rings. The third-order valence-corrected chi connectivity index (χ3v) is 3.60. The smallest absolute Gasteiger partial charge is 0.146 e. The molecular weight excluding hydrogens is 268 g/mol. The van der Waals surface area contributed by atoms with Gasteiger partial charge in [-0.3, -0.25) is 0 Å². The molecule has 1 aromatic carbocycles. The van der Waals surface area contributed by atoms with Gasteiger partial charge in [0, 0.05) is 22.3 Å². The number of rotatable bonds is 2. The van der Waals surface area contributed by atoms with Crippen molar-refractivity contribution in [3.8, 4) is 0 Å². The van der Waals surface area contributed by atoms with E-state index >= 15 is 0 Å². The lowest BCUT2D eigenvalue weighted by Gasteiger charge is -2.06. The molecule has 16 heavy (non-hydrogen) atoms. The number of benzene rings is 1. The highest BCUT2D eigenvalue weighted by Gasteiger charge is 2.18. The third-order valence-electron chi connectivity index (χ3n) is 3.11. The molecule has 2 aromatic rings. The number of hydrogen-bond donors (Lipinski definition) is 1. The van der Waals surface area contributed by atoms with Crippen LogP contribution >= 0.6 is 15.9 Å². The fourth-order valence-electron chi connectivity index (χ4n) is 2.27. The molecule has 0 aliphatic carbocycles. The highest BCUT2D eigenvalue weighted by atomic mass is 79.9. The van der Waals surface area contributed by atoms with Gasteiger partial charge in [0.1, 0.15) is 11.3 Å². The summed E-state index contributed by atoms with van der Waals surface area (Å²) in [7, 11) is 0. The Labute approximate surface area is 102 Å². The van der Waals surface area contributed by atoms with Gasteiger partial charge in [0.25, 0.3) is 0 Å². The van der Waals surface area contributed by atoms with Crippen LogP contribution in [0.4, 0.5) is 0 Å². The summed E-state index contributed by atoms with van der Waals surface area (Å²) in [5.41, 5.74) is 0.933. The molecule has 0 amide bonds. The van der Waals surface area contributed by atoms with Gasteiger partial charge in [-0.05, 0) is 37.6 Å². The summed E-state index contributed by atoms with van der Waals surface area (Å²) < 4.78 is 6.46. The Morgan fingerprint density at radius 2 is 2.44 bits per heavy atom. The van der Waals surface area contributed by atoms with E-state index in [1.165, 1.54) is 12.8 Å². The van der Waals surface area contributed by atoms with Crippen molar-refractivity contribution >= 4 is 26.8 Å². The standard InChI is InChI=1S/C12H13BrN2O/c13-8-3-4-10-11(6-8)15-16-12(10)7-9-2-1-5-14-9/h3-4,6,9,14H,1-2,5,7H2. The maximum Gasteiger partial charge on any atom is 0.146 e. The van der Waals surface area contributed by atoms with E-state index in [1.807, 2.05) is 12.1 Å². The van der Waals surface area contributed by atoms with Crippen molar-refractivity contribution in [1.29, 1.82) is 0 Å². The van der Waals surface area contributed by atoms with Gasteiger partial charge in [-0.2, -0.15) is 0 Å². The van der Waals surface area contributed by atoms with E-state index in [0.717, 1.165) is 34.1 Å². The lowest BCUT2D eigenvalue weighted by molar-refractivity contribution is 0.377. The van der Waals surface area contributed by atoms with Gasteiger partial charge >= 0.3 is 0 Å². The molecule has 4 heteroatoms. The van der Waals surface area contributed by atoms with E-state index in [1.54, 1.807) is 0 Å². The van der Waals surface area contributed by atoms with Crippen LogP contribution in [0.2, 0.25) is 0 Å². The number of nitrogens with one attached hydrogen (secondary N) is 1. The van der Waals surface area contributed by atoms with E-state index in [2.05, 4.69) is 32.5 Å². The molecule has 1 aliphatic heterocycles. The van der Waals surface area contributed by atoms with Crippen LogP contribution in [0.15, 0.2) is 27.2 Å². The normalized spacial score (nSPS) is 20.7. The predicted molar refractivity (Wildman–Crippen MR) is 66.4 cm³/mol. The molecule has 1 saturated heterocycles. The minimum absolute atomic E-state index is 0.555. The minimum atomic E-state index is 0.555. The molecule has 0 saturated carbocycles. The van der Waals surface area contributed by atoms with E-state index in [9.17, 15) is 0 Å². The second-order valence-corrected chi connectivity index (χ2v) is 5.18. The average Bonchev–Trinajstić information content (AvgIpc) is 2.89. The molecular formula is C12H13BrN2O. The summed E-state index contributed by atoms with van der Waals surface area (Å²) in [5, 5.41) is 8.70. The lowest BCUT2D eigenvalue weighted by Crippen LogP contribution is -2.23. The zero-order chi connectivity index (χ0) is 11.0. The Balaban J connectivity index is 1.91. The van der Waals surface area contributed by atoms with Crippen molar-refractivity contribution in [2.75, 3.05) is 6.54 Å². The molecule has 84 valence electrons. The summed E-state index contributed by atoms with van der Waals surface area (Å²) >= 11 is 3.44. The van der Waals surface area contributed by atoms with Crippen molar-refractivity contribution in [2.45, 2.75) is 25.3 Å². The zero-order valence-electron chi connectivity index (χ0n) is 8.87. The first-order chi connectivity index (χ1) is 7.83. The maximum atomic E-state index is 5.42. The second-order valence-electron chi connectivity index (χ2n) is 4.26. The topological polar surface area (TPSA) is 38.1 Å². The van der Waals surface area contributed by atoms with Crippen LogP contribution < -0.4 is 5.32 Å². The van der Waals surface area contributed by atoms with Crippen molar-refractivity contribution in [1.82, 2.24) is 10.5 Å². The number of fused-ring (bicyclic) bond motifs is 1. The Hall–Kier alpha value is -0.870. The fraction of sp³-hybridized carbons (Fsp3) is 0.417. The van der Waals surface area contributed by atoms with E-state index < -0.39 is 0 Å². The second kappa shape index (κ2) is 4.18. The summed E-state index contributed by atoms with van der Waals surface area (Å²) in [5.74, 6) is 1.00. The van der Waals surface area contributed by atoms with Crippen LogP contribution in [-0.2, 0) is 6.42 Å². The Kier molecular flexibility index (Phi) is 2.69. The van der Waals surface area contributed by atoms with Crippen molar-refractivity contribution < 1.29 is 4.52 Å². The van der Waals surface area contributed by atoms with Crippen LogP contribution in [0, 0.1) is 0 Å². The van der Waals surface area contributed by atoms with Gasteiger partial charge in [0.2, 0.25) is 0 Å². The number of halogens is 1. The third kappa shape index (κ3) is 1.87. The molecule has 1 N–H and O–H groups in total. The number of nitrogens with zero attached hydrogens (tertiary/aromatic N) is 1. The quantitative estimate of drug-likeness (QED) is 0.919. The van der Waals surface area contributed by atoms with E-state index in [4.69, 9.17) is 4.52 Å². The molecule has 1 aromatic heterocycles. The van der Waals surface area contributed by atoms with Gasteiger partial charge in [-0.25, -0.2) is 0 Å². The zero-order valence-corrected chi connectivity index (χ0v) is 10.5. The van der Waals surface area contributed by atoms with Crippen molar-refractivity contribution in [3.63, 3.8) is 0 Å². The molecule has 1 fully saturated rings. The van der Waals surface area contributed by atoms with Crippen LogP contribution in [0.25, 0.3) is 10.9 Å². The highest BCUT2D eigenvalue weighted by molar-refractivity contribution is 9.10. The fourth-order valence-corrected chi connectivity index (χ4v) is 2.62. The molecule has 0 spiro atoms. The summed E-state index contributed by atoms with van der Waals surface area (Å²) in [4.78, 5) is 0. The van der Waals surface area contributed by atoms with Crippen molar-refractivity contribution in [3.05, 3.63) is 28.4 Å². The van der Waals surface area contributed by atoms with Crippen LogP contribution in [0.1, 0.15) is 18.6 Å². The van der Waals surface area contributed by atoms with Gasteiger partial charge < -0.3 is 9.84 Å². The van der Waals surface area contributed by atoms with Gasteiger partial charge in [-0.1, -0.05) is 21.1 Å². The SMILES string of the molecule is Brc1ccc2c(CC3CCCN3)onc2c1. The van der Waals surface area contributed by atoms with Gasteiger partial charge in [0.05, 0.1) is 0 Å². The molecule has 0 radical (unpaired) electrons. The van der Waals surface area contributed by atoms with Crippen LogP contribution in [0.5, 0.6) is 0 Å². The first-order valence-corrected chi connectivity index (χ1v) is 6.39. The summed E-state index contributed by atoms with van der Waals surface area (Å²) in [6.45, 7) is 1.13. The number of hydrogen-bond acceptors (Lipinski definition) is 3. The average molecular weight is 281 g/mol. The van der Waals surface area contributed by atoms with E-state index in [0.29, 0.717) is 6.04 Å². The Bertz CT molecular complexity index is 503. The largest absolute Gasteiger partial charge is 0.360 e. The lowest BCUT2D eigenvalue weighted by atomic mass is 10.1. The molecule has 1 atom stereocenters. The van der Waals surface area contributed by atoms with Gasteiger partial charge in [0.15, 0.2) is 0 Å². The predicted octanol–water partition coefficient (Wildman–Crippen LogP) is 2.88. The van der Waals surface area contributed by atoms with E-state index in [-0.39, 0.29) is 0 Å². The first kappa shape index (κ1) is 10.3. The van der Waals surface area contributed by atoms with Crippen molar-refractivity contribution in [2.24, 2.45) is 0 Å². The van der Waals surface area contributed by atoms with Gasteiger partial charge in [-0.15, -0.1) is 0 Å². The maximum absolute atomic E-state index is 5.42. The van der Waals surface area contributed by atoms with Crippen LogP contribution in [0.3, 0.4) is 0 Å². The Morgan fingerprint density at radius 1 is 1.50 bits per heavy atom. The molecule has 3 rings (SSSR count). The first-order valence-electron chi connectivity index (χ1n) is 5.60. The molecule has 1 unspecified atom stereocenters. The minimum Gasteiger partial charge on any atom is -0.360 e. The molecule has 0 bridgehead atoms. The Morgan fingerprint density at radius 3 is 3.25 bits per heavy atom. The summed E-state index contributed by atoms with van der Waals surface area (Å²) in [6, 6.07) is 6.65. The molecule has 2 heterocycles. The number of aromatic nitrogens is 1. The van der Waals surface area contributed by atoms with Crippen LogP contribution in [-0.4, -0.2) is 17.7 Å². The summed E-state index contributed by atoms with van der Waals surface area (Å²) in [6.07, 6.45) is 3.44. The monoisotopic (exact) mass is 280 g/mol. The molecule has 3 nitrogen and oxygen atoms in total.